The van der Waals surface area contributed by atoms with Crippen LogP contribution in [-0.4, -0.2) is 56.5 Å². The van der Waals surface area contributed by atoms with E-state index in [9.17, 15) is 9.59 Å². The van der Waals surface area contributed by atoms with Crippen LogP contribution in [0.15, 0.2) is 36.9 Å². The van der Waals surface area contributed by atoms with Crippen LogP contribution in [0, 0.1) is 5.92 Å². The Balaban J connectivity index is 1.47. The first kappa shape index (κ1) is 18.1. The highest BCUT2D eigenvalue weighted by Gasteiger charge is 2.35. The summed E-state index contributed by atoms with van der Waals surface area (Å²) in [5, 5.41) is 4.15. The molecule has 0 spiro atoms. The van der Waals surface area contributed by atoms with Gasteiger partial charge in [-0.15, -0.1) is 0 Å². The third-order valence-electron chi connectivity index (χ3n) is 4.75. The van der Waals surface area contributed by atoms with E-state index in [0.717, 1.165) is 18.4 Å². The molecule has 0 aliphatic carbocycles. The van der Waals surface area contributed by atoms with Crippen LogP contribution in [0.25, 0.3) is 0 Å². The highest BCUT2D eigenvalue weighted by atomic mass is 16.2. The number of carbonyl (C=O) groups excluding carboxylic acids is 2. The van der Waals surface area contributed by atoms with Crippen molar-refractivity contribution in [3.63, 3.8) is 0 Å². The highest BCUT2D eigenvalue weighted by Crippen LogP contribution is 2.22. The minimum absolute atomic E-state index is 0.0379. The van der Waals surface area contributed by atoms with Crippen LogP contribution >= 0.6 is 0 Å². The van der Waals surface area contributed by atoms with Crippen LogP contribution in [0.2, 0.25) is 0 Å². The molecule has 2 aromatic rings. The van der Waals surface area contributed by atoms with Gasteiger partial charge in [-0.25, -0.2) is 0 Å². The van der Waals surface area contributed by atoms with Crippen molar-refractivity contribution in [1.82, 2.24) is 24.6 Å². The van der Waals surface area contributed by atoms with E-state index in [0.29, 0.717) is 26.1 Å². The maximum atomic E-state index is 12.7. The van der Waals surface area contributed by atoms with Crippen molar-refractivity contribution in [2.75, 3.05) is 20.1 Å². The summed E-state index contributed by atoms with van der Waals surface area (Å²) in [7, 11) is 3.72. The number of pyridine rings is 1. The molecule has 2 aromatic heterocycles. The van der Waals surface area contributed by atoms with Gasteiger partial charge in [-0.3, -0.25) is 19.3 Å². The quantitative estimate of drug-likeness (QED) is 0.750. The third kappa shape index (κ3) is 4.47. The molecule has 1 unspecified atom stereocenters. The molecule has 1 fully saturated rings. The molecule has 1 aliphatic heterocycles. The van der Waals surface area contributed by atoms with Crippen molar-refractivity contribution in [2.24, 2.45) is 13.0 Å². The predicted octanol–water partition coefficient (Wildman–Crippen LogP) is 1.25. The van der Waals surface area contributed by atoms with Gasteiger partial charge in [0.25, 0.3) is 0 Å². The molecule has 0 bridgehead atoms. The van der Waals surface area contributed by atoms with Crippen LogP contribution in [0.4, 0.5) is 0 Å². The summed E-state index contributed by atoms with van der Waals surface area (Å²) in [6.07, 6.45) is 9.39. The van der Waals surface area contributed by atoms with Crippen LogP contribution in [0.1, 0.15) is 24.0 Å². The number of aryl methyl sites for hydroxylation is 2. The SMILES string of the molecule is CN(CCCc1cnn(C)c1)C(=O)C1CC(=O)N(Cc2cccnc2)C1. The van der Waals surface area contributed by atoms with E-state index < -0.39 is 0 Å². The molecule has 2 amide bonds. The first-order chi connectivity index (χ1) is 12.5. The molecular formula is C19H25N5O2. The molecule has 7 nitrogen and oxygen atoms in total. The molecule has 26 heavy (non-hydrogen) atoms. The van der Waals surface area contributed by atoms with Gasteiger partial charge in [0.2, 0.25) is 11.8 Å². The topological polar surface area (TPSA) is 71.3 Å². The van der Waals surface area contributed by atoms with Crippen LogP contribution in [-0.2, 0) is 29.6 Å². The van der Waals surface area contributed by atoms with Gasteiger partial charge >= 0.3 is 0 Å². The number of carbonyl (C=O) groups is 2. The lowest BCUT2D eigenvalue weighted by Gasteiger charge is -2.21. The van der Waals surface area contributed by atoms with E-state index in [1.807, 2.05) is 38.6 Å². The minimum atomic E-state index is -0.248. The predicted molar refractivity (Wildman–Crippen MR) is 96.9 cm³/mol. The Morgan fingerprint density at radius 1 is 1.35 bits per heavy atom. The standard InChI is InChI=1S/C19H25N5O2/c1-22(8-4-6-16-11-21-23(2)12-16)19(26)17-9-18(25)24(14-17)13-15-5-3-7-20-10-15/h3,5,7,10-12,17H,4,6,8-9,13-14H2,1-2H3. The molecular weight excluding hydrogens is 330 g/mol. The summed E-state index contributed by atoms with van der Waals surface area (Å²) in [4.78, 5) is 32.5. The van der Waals surface area contributed by atoms with Gasteiger partial charge in [-0.05, 0) is 30.0 Å². The molecule has 1 saturated heterocycles. The molecule has 0 N–H and O–H groups in total. The average molecular weight is 355 g/mol. The summed E-state index contributed by atoms with van der Waals surface area (Å²) < 4.78 is 1.78. The van der Waals surface area contributed by atoms with Crippen LogP contribution in [0.3, 0.4) is 0 Å². The van der Waals surface area contributed by atoms with Gasteiger partial charge in [0, 0.05) is 58.7 Å². The first-order valence-electron chi connectivity index (χ1n) is 8.92. The van der Waals surface area contributed by atoms with Crippen molar-refractivity contribution in [2.45, 2.75) is 25.8 Å². The number of likely N-dealkylation sites (tertiary alicyclic amines) is 1. The Hall–Kier alpha value is -2.70. The van der Waals surface area contributed by atoms with Gasteiger partial charge in [-0.2, -0.15) is 5.10 Å². The van der Waals surface area contributed by atoms with Crippen molar-refractivity contribution < 1.29 is 9.59 Å². The summed E-state index contributed by atoms with van der Waals surface area (Å²) in [6.45, 7) is 1.68. The van der Waals surface area contributed by atoms with E-state index in [4.69, 9.17) is 0 Å². The molecule has 138 valence electrons. The summed E-state index contributed by atoms with van der Waals surface area (Å²) in [5.74, 6) is -0.156. The first-order valence-corrected chi connectivity index (χ1v) is 8.92. The second kappa shape index (κ2) is 8.12. The van der Waals surface area contributed by atoms with Crippen LogP contribution < -0.4 is 0 Å². The highest BCUT2D eigenvalue weighted by molar-refractivity contribution is 5.89. The second-order valence-corrected chi connectivity index (χ2v) is 6.92. The number of aromatic nitrogens is 3. The van der Waals surface area contributed by atoms with Gasteiger partial charge in [0.15, 0.2) is 0 Å². The van der Waals surface area contributed by atoms with Gasteiger partial charge in [0.05, 0.1) is 12.1 Å². The van der Waals surface area contributed by atoms with Gasteiger partial charge in [0.1, 0.15) is 0 Å². The maximum absolute atomic E-state index is 12.7. The van der Waals surface area contributed by atoms with Crippen molar-refractivity contribution >= 4 is 11.8 Å². The Kier molecular flexibility index (Phi) is 5.65. The third-order valence-corrected chi connectivity index (χ3v) is 4.75. The Morgan fingerprint density at radius 3 is 2.88 bits per heavy atom. The zero-order valence-electron chi connectivity index (χ0n) is 15.3. The van der Waals surface area contributed by atoms with Crippen LogP contribution in [0.5, 0.6) is 0 Å². The van der Waals surface area contributed by atoms with Crippen molar-refractivity contribution in [3.8, 4) is 0 Å². The second-order valence-electron chi connectivity index (χ2n) is 6.92. The Bertz CT molecular complexity index is 758. The number of hydrogen-bond donors (Lipinski definition) is 0. The van der Waals surface area contributed by atoms with Gasteiger partial charge < -0.3 is 9.80 Å². The lowest BCUT2D eigenvalue weighted by molar-refractivity contribution is -0.134. The monoisotopic (exact) mass is 355 g/mol. The summed E-state index contributed by atoms with van der Waals surface area (Å²) >= 11 is 0. The molecule has 3 heterocycles. The number of rotatable bonds is 7. The van der Waals surface area contributed by atoms with E-state index >= 15 is 0 Å². The molecule has 0 radical (unpaired) electrons. The number of nitrogens with zero attached hydrogens (tertiary/aromatic N) is 5. The van der Waals surface area contributed by atoms with E-state index in [2.05, 4.69) is 10.1 Å². The maximum Gasteiger partial charge on any atom is 0.227 e. The van der Waals surface area contributed by atoms with Crippen molar-refractivity contribution in [3.05, 3.63) is 48.0 Å². The lowest BCUT2D eigenvalue weighted by atomic mass is 10.1. The fourth-order valence-electron chi connectivity index (χ4n) is 3.35. The smallest absolute Gasteiger partial charge is 0.227 e. The van der Waals surface area contributed by atoms with Gasteiger partial charge in [-0.1, -0.05) is 6.07 Å². The Morgan fingerprint density at radius 2 is 2.19 bits per heavy atom. The fraction of sp³-hybridized carbons (Fsp3) is 0.474. The van der Waals surface area contributed by atoms with E-state index in [1.165, 1.54) is 5.56 Å². The van der Waals surface area contributed by atoms with E-state index in [-0.39, 0.29) is 17.7 Å². The molecule has 0 aromatic carbocycles. The average Bonchev–Trinajstić information content (AvgIpc) is 3.21. The largest absolute Gasteiger partial charge is 0.345 e. The summed E-state index contributed by atoms with van der Waals surface area (Å²) in [5.41, 5.74) is 2.16. The minimum Gasteiger partial charge on any atom is -0.345 e. The number of hydrogen-bond acceptors (Lipinski definition) is 4. The lowest BCUT2D eigenvalue weighted by Crippen LogP contribution is -2.35. The molecule has 0 saturated carbocycles. The number of amides is 2. The normalized spacial score (nSPS) is 16.9. The zero-order valence-corrected chi connectivity index (χ0v) is 15.3. The zero-order chi connectivity index (χ0) is 18.5. The summed E-state index contributed by atoms with van der Waals surface area (Å²) in [6, 6.07) is 3.80. The molecule has 7 heteroatoms. The molecule has 1 aliphatic rings. The fourth-order valence-corrected chi connectivity index (χ4v) is 3.35. The Labute approximate surface area is 153 Å². The van der Waals surface area contributed by atoms with E-state index in [1.54, 1.807) is 26.9 Å². The van der Waals surface area contributed by atoms with Crippen molar-refractivity contribution in [1.29, 1.82) is 0 Å². The molecule has 3 rings (SSSR count). The molecule has 1 atom stereocenters.